The third kappa shape index (κ3) is 4.50. The van der Waals surface area contributed by atoms with Crippen LogP contribution in [0.5, 0.6) is 5.75 Å². The van der Waals surface area contributed by atoms with Crippen molar-refractivity contribution in [2.24, 2.45) is 29.6 Å². The third-order valence-corrected chi connectivity index (χ3v) is 12.2. The van der Waals surface area contributed by atoms with E-state index in [1.807, 2.05) is 43.3 Å². The van der Waals surface area contributed by atoms with E-state index in [0.29, 0.717) is 17.4 Å². The van der Waals surface area contributed by atoms with Crippen LogP contribution in [0.3, 0.4) is 0 Å². The number of carbonyl (C=O) groups is 3. The van der Waals surface area contributed by atoms with Crippen LogP contribution < -0.4 is 9.61 Å². The maximum atomic E-state index is 13.7. The molecule has 2 aliphatic carbocycles. The largest absolute Gasteiger partial charge is 0.489 e. The first-order valence-electron chi connectivity index (χ1n) is 14.2. The zero-order valence-corrected chi connectivity index (χ0v) is 25.1. The fourth-order valence-electron chi connectivity index (χ4n) is 7.77. The Morgan fingerprint density at radius 3 is 2.57 bits per heavy atom. The summed E-state index contributed by atoms with van der Waals surface area (Å²) in [7, 11) is 0. The molecular weight excluding hydrogens is 596 g/mol. The molecule has 2 aliphatic heterocycles. The number of ether oxygens (including phenoxy) is 1. The zero-order valence-electron chi connectivity index (χ0n) is 22.7. The van der Waals surface area contributed by atoms with Gasteiger partial charge in [0.15, 0.2) is 0 Å². The molecule has 0 spiro atoms. The molecule has 2 aromatic carbocycles. The molecule has 11 heteroatoms. The maximum Gasteiger partial charge on any atom is 0.305 e. The number of carboxylic acid groups (broad SMARTS) is 1. The van der Waals surface area contributed by atoms with Crippen molar-refractivity contribution in [1.29, 1.82) is 0 Å². The minimum atomic E-state index is -0.943. The Kier molecular flexibility index (Phi) is 6.98. The molecule has 218 valence electrons. The summed E-state index contributed by atoms with van der Waals surface area (Å²) in [5.41, 5.74) is 3.09. The van der Waals surface area contributed by atoms with Gasteiger partial charge in [-0.2, -0.15) is 0 Å². The lowest BCUT2D eigenvalue weighted by Crippen LogP contribution is -2.42. The molecule has 7 rings (SSSR count). The van der Waals surface area contributed by atoms with Gasteiger partial charge >= 0.3 is 10.8 Å². The monoisotopic (exact) mass is 624 g/mol. The summed E-state index contributed by atoms with van der Waals surface area (Å²) in [6, 6.07) is 13.8. The molecule has 1 saturated heterocycles. The van der Waals surface area contributed by atoms with Gasteiger partial charge in [0.05, 0.1) is 16.9 Å². The highest BCUT2D eigenvalue weighted by Gasteiger charge is 2.69. The van der Waals surface area contributed by atoms with Crippen molar-refractivity contribution in [3.05, 3.63) is 78.7 Å². The lowest BCUT2D eigenvalue weighted by Gasteiger charge is -2.43. The van der Waals surface area contributed by atoms with Crippen LogP contribution in [-0.4, -0.2) is 44.6 Å². The van der Waals surface area contributed by atoms with Gasteiger partial charge in [-0.15, -0.1) is 11.8 Å². The van der Waals surface area contributed by atoms with Crippen LogP contribution in [0.15, 0.2) is 52.3 Å². The van der Waals surface area contributed by atoms with Crippen LogP contribution in [0.1, 0.15) is 46.7 Å². The SMILES string of the molecule is Cc1ccc(COc2ccc(Cl)cc2[C@H]2c3sc(=O)[nH]c3SC3C4CC(C5C(=O)N(CCCC(=O)O)C(=O)C45)C32)cc1. The first kappa shape index (κ1) is 27.7. The van der Waals surface area contributed by atoms with E-state index in [1.54, 1.807) is 17.8 Å². The highest BCUT2D eigenvalue weighted by molar-refractivity contribution is 8.00. The van der Waals surface area contributed by atoms with E-state index in [0.717, 1.165) is 27.5 Å². The second kappa shape index (κ2) is 10.6. The summed E-state index contributed by atoms with van der Waals surface area (Å²) in [5.74, 6) is -1.70. The molecule has 4 aliphatic rings. The van der Waals surface area contributed by atoms with Crippen molar-refractivity contribution in [2.75, 3.05) is 6.54 Å². The molecule has 2 amide bonds. The Balaban J connectivity index is 1.25. The van der Waals surface area contributed by atoms with Gasteiger partial charge in [-0.05, 0) is 61.3 Å². The number of aromatic amines is 1. The number of hydrogen-bond donors (Lipinski definition) is 2. The number of imide groups is 1. The molecule has 2 bridgehead atoms. The van der Waals surface area contributed by atoms with Gasteiger partial charge in [-0.1, -0.05) is 52.8 Å². The van der Waals surface area contributed by atoms with E-state index in [1.165, 1.54) is 21.8 Å². The number of fused-ring (bicyclic) bond motifs is 9. The molecular formula is C31H29ClN2O6S2. The first-order chi connectivity index (χ1) is 20.2. The van der Waals surface area contributed by atoms with E-state index in [-0.39, 0.29) is 65.0 Å². The number of aliphatic carboxylic acids is 1. The van der Waals surface area contributed by atoms with Crippen molar-refractivity contribution in [1.82, 2.24) is 9.88 Å². The van der Waals surface area contributed by atoms with Gasteiger partial charge in [0.1, 0.15) is 12.4 Å². The molecule has 3 fully saturated rings. The molecule has 1 aromatic heterocycles. The van der Waals surface area contributed by atoms with Crippen molar-refractivity contribution < 1.29 is 24.2 Å². The summed E-state index contributed by atoms with van der Waals surface area (Å²) in [4.78, 5) is 56.0. The van der Waals surface area contributed by atoms with Crippen LogP contribution in [0.2, 0.25) is 5.02 Å². The van der Waals surface area contributed by atoms with Gasteiger partial charge in [0.2, 0.25) is 11.8 Å². The number of rotatable bonds is 8. The van der Waals surface area contributed by atoms with Gasteiger partial charge in [-0.3, -0.25) is 24.1 Å². The summed E-state index contributed by atoms with van der Waals surface area (Å²) in [6.07, 6.45) is 0.929. The predicted octanol–water partition coefficient (Wildman–Crippen LogP) is 5.32. The number of hydrogen-bond acceptors (Lipinski definition) is 7. The lowest BCUT2D eigenvalue weighted by atomic mass is 9.68. The minimum absolute atomic E-state index is 0.00825. The Labute approximate surface area is 255 Å². The number of carbonyl (C=O) groups excluding carboxylic acids is 2. The van der Waals surface area contributed by atoms with Crippen molar-refractivity contribution >= 4 is 52.5 Å². The Hall–Kier alpha value is -3.08. The van der Waals surface area contributed by atoms with Gasteiger partial charge in [-0.25, -0.2) is 0 Å². The number of aryl methyl sites for hydroxylation is 1. The second-order valence-corrected chi connectivity index (χ2v) is 14.4. The Bertz CT molecular complexity index is 1650. The number of aromatic nitrogens is 1. The normalized spacial score (nSPS) is 29.0. The average Bonchev–Trinajstić information content (AvgIpc) is 3.68. The van der Waals surface area contributed by atoms with Crippen LogP contribution in [0, 0.1) is 36.5 Å². The summed E-state index contributed by atoms with van der Waals surface area (Å²) in [5, 5.41) is 10.5. The minimum Gasteiger partial charge on any atom is -0.489 e. The number of H-pyrrole nitrogens is 1. The zero-order chi connectivity index (χ0) is 29.3. The van der Waals surface area contributed by atoms with Gasteiger partial charge in [0, 0.05) is 39.6 Å². The number of carboxylic acids is 1. The summed E-state index contributed by atoms with van der Waals surface area (Å²) >= 11 is 9.39. The molecule has 2 N–H and O–H groups in total. The Morgan fingerprint density at radius 2 is 1.83 bits per heavy atom. The number of thioether (sulfide) groups is 1. The quantitative estimate of drug-likeness (QED) is 0.326. The number of halogens is 1. The highest BCUT2D eigenvalue weighted by atomic mass is 35.5. The molecule has 7 atom stereocenters. The molecule has 3 heterocycles. The van der Waals surface area contributed by atoms with E-state index in [2.05, 4.69) is 4.98 Å². The van der Waals surface area contributed by atoms with Crippen LogP contribution in [-0.2, 0) is 21.0 Å². The molecule has 6 unspecified atom stereocenters. The fraction of sp³-hybridized carbons (Fsp3) is 0.419. The van der Waals surface area contributed by atoms with Crippen LogP contribution in [0.4, 0.5) is 0 Å². The molecule has 42 heavy (non-hydrogen) atoms. The number of amides is 2. The van der Waals surface area contributed by atoms with E-state index >= 15 is 0 Å². The highest BCUT2D eigenvalue weighted by Crippen LogP contribution is 2.69. The van der Waals surface area contributed by atoms with Gasteiger partial charge in [0.25, 0.3) is 0 Å². The Morgan fingerprint density at radius 1 is 1.10 bits per heavy atom. The number of benzene rings is 2. The van der Waals surface area contributed by atoms with E-state index < -0.39 is 17.8 Å². The van der Waals surface area contributed by atoms with E-state index in [9.17, 15) is 19.2 Å². The van der Waals surface area contributed by atoms with Gasteiger partial charge < -0.3 is 14.8 Å². The maximum absolute atomic E-state index is 13.7. The number of thiazole rings is 1. The average molecular weight is 625 g/mol. The molecule has 2 saturated carbocycles. The molecule has 0 radical (unpaired) electrons. The van der Waals surface area contributed by atoms with Crippen molar-refractivity contribution in [3.8, 4) is 5.75 Å². The number of nitrogens with zero attached hydrogens (tertiary/aromatic N) is 1. The molecule has 8 nitrogen and oxygen atoms in total. The predicted molar refractivity (Wildman–Crippen MR) is 159 cm³/mol. The van der Waals surface area contributed by atoms with E-state index in [4.69, 9.17) is 21.4 Å². The summed E-state index contributed by atoms with van der Waals surface area (Å²) in [6.45, 7) is 2.54. The second-order valence-electron chi connectivity index (χ2n) is 11.7. The van der Waals surface area contributed by atoms with Crippen LogP contribution in [0.25, 0.3) is 0 Å². The standard InChI is InChI=1S/C31H29ClN2O6S2/c1-14-4-6-15(7-5-14)13-40-20-9-8-16(32)11-17(20)22-23-18-12-19(26(23)41-28-27(22)42-31(39)33-28)25-24(18)29(37)34(30(25)38)10-2-3-21(35)36/h4-9,11,18-19,22-26H,2-3,10,12-13H2,1H3,(H,33,39)(H,35,36)/t18?,19?,22-,23?,24?,25?,26?/m1/s1. The first-order valence-corrected chi connectivity index (χ1v) is 16.2. The van der Waals surface area contributed by atoms with Crippen LogP contribution >= 0.6 is 34.7 Å². The lowest BCUT2D eigenvalue weighted by molar-refractivity contribution is -0.142. The van der Waals surface area contributed by atoms with Crippen molar-refractivity contribution in [2.45, 2.75) is 49.0 Å². The topological polar surface area (TPSA) is 117 Å². The number of likely N-dealkylation sites (tertiary alicyclic amines) is 1. The third-order valence-electron chi connectivity index (χ3n) is 9.41. The molecule has 3 aromatic rings. The smallest absolute Gasteiger partial charge is 0.305 e. The summed E-state index contributed by atoms with van der Waals surface area (Å²) < 4.78 is 6.40. The number of nitrogens with one attached hydrogen (secondary N) is 1. The van der Waals surface area contributed by atoms with Crippen molar-refractivity contribution in [3.63, 3.8) is 0 Å². The fourth-order valence-corrected chi connectivity index (χ4v) is 10.8.